The minimum atomic E-state index is -1.13. The van der Waals surface area contributed by atoms with Crippen molar-refractivity contribution in [2.45, 2.75) is 38.9 Å². The van der Waals surface area contributed by atoms with E-state index in [1.807, 2.05) is 27.7 Å². The molecule has 0 atom stereocenters. The third-order valence-electron chi connectivity index (χ3n) is 3.85. The molecule has 2 rings (SSSR count). The van der Waals surface area contributed by atoms with Crippen molar-refractivity contribution in [1.29, 1.82) is 0 Å². The van der Waals surface area contributed by atoms with Crippen LogP contribution in [0.15, 0.2) is 18.1 Å². The van der Waals surface area contributed by atoms with Gasteiger partial charge >= 0.3 is 13.1 Å². The van der Waals surface area contributed by atoms with Gasteiger partial charge in [0, 0.05) is 5.56 Å². The lowest BCUT2D eigenvalue weighted by molar-refractivity contribution is 0.00578. The van der Waals surface area contributed by atoms with E-state index in [0.29, 0.717) is 5.56 Å². The van der Waals surface area contributed by atoms with Gasteiger partial charge in [-0.05, 0) is 39.8 Å². The van der Waals surface area contributed by atoms with E-state index in [9.17, 15) is 4.79 Å². The monoisotopic (exact) mass is 290 g/mol. The van der Waals surface area contributed by atoms with E-state index < -0.39 is 24.3 Å². The van der Waals surface area contributed by atoms with Gasteiger partial charge in [0.1, 0.15) is 5.82 Å². The molecule has 0 aromatic carbocycles. The Hall–Kier alpha value is -1.86. The lowest BCUT2D eigenvalue weighted by atomic mass is 9.89. The minimum Gasteiger partial charge on any atom is -0.476 e. The molecule has 21 heavy (non-hydrogen) atoms. The second-order valence-electron chi connectivity index (χ2n) is 5.96. The number of aromatic nitrogens is 1. The van der Waals surface area contributed by atoms with Gasteiger partial charge in [0.05, 0.1) is 11.2 Å². The zero-order valence-corrected chi connectivity index (χ0v) is 12.6. The summed E-state index contributed by atoms with van der Waals surface area (Å²) in [7, 11) is -0.533. The van der Waals surface area contributed by atoms with Crippen molar-refractivity contribution in [3.05, 3.63) is 29.4 Å². The van der Waals surface area contributed by atoms with Crippen LogP contribution in [0.4, 0.5) is 5.82 Å². The van der Waals surface area contributed by atoms with Crippen LogP contribution >= 0.6 is 0 Å². The molecule has 1 fully saturated rings. The Bertz CT molecular complexity index is 583. The third kappa shape index (κ3) is 3.09. The van der Waals surface area contributed by atoms with Crippen molar-refractivity contribution in [1.82, 2.24) is 4.98 Å². The number of anilines is 1. The first-order valence-electron chi connectivity index (χ1n) is 6.66. The number of aromatic carboxylic acids is 1. The molecule has 0 spiro atoms. The predicted molar refractivity (Wildman–Crippen MR) is 80.7 cm³/mol. The molecular weight excluding hydrogens is 271 g/mol. The summed E-state index contributed by atoms with van der Waals surface area (Å²) in [6.45, 7) is 7.81. The molecule has 0 amide bonds. The highest BCUT2D eigenvalue weighted by Gasteiger charge is 2.50. The molecule has 1 aromatic heterocycles. The zero-order valence-electron chi connectivity index (χ0n) is 12.6. The molecule has 1 aliphatic rings. The van der Waals surface area contributed by atoms with Crippen LogP contribution in [-0.4, -0.2) is 34.4 Å². The largest absolute Gasteiger partial charge is 0.487 e. The Morgan fingerprint density at radius 2 is 1.86 bits per heavy atom. The molecule has 6 nitrogen and oxygen atoms in total. The van der Waals surface area contributed by atoms with Crippen molar-refractivity contribution in [2.24, 2.45) is 0 Å². The van der Waals surface area contributed by atoms with Gasteiger partial charge in [-0.2, -0.15) is 0 Å². The molecule has 7 heteroatoms. The second-order valence-corrected chi connectivity index (χ2v) is 5.96. The average Bonchev–Trinajstić information content (AvgIpc) is 2.56. The number of pyridine rings is 1. The number of nitrogen functional groups attached to an aromatic ring is 1. The molecule has 1 aromatic rings. The van der Waals surface area contributed by atoms with Crippen LogP contribution in [0, 0.1) is 0 Å². The number of carboxylic acids is 1. The fourth-order valence-corrected chi connectivity index (χ4v) is 1.94. The highest BCUT2D eigenvalue weighted by Crippen LogP contribution is 2.37. The van der Waals surface area contributed by atoms with Crippen LogP contribution in [-0.2, 0) is 9.31 Å². The summed E-state index contributed by atoms with van der Waals surface area (Å²) in [5, 5.41) is 9.13. The lowest BCUT2D eigenvalue weighted by Crippen LogP contribution is -2.41. The normalized spacial score (nSPS) is 20.1. The van der Waals surface area contributed by atoms with Gasteiger partial charge < -0.3 is 20.1 Å². The summed E-state index contributed by atoms with van der Waals surface area (Å²) in [6, 6.07) is 3.16. The standard InChI is InChI=1S/C14H19BN2O4/c1-13(2)14(3,4)21-15(20-13)8-7-9-5-6-10(16)17-11(9)12(18)19/h5-8H,1-4H3,(H2,16,17)(H,18,19)/b8-7+. The summed E-state index contributed by atoms with van der Waals surface area (Å²) in [4.78, 5) is 15.0. The molecule has 0 radical (unpaired) electrons. The Morgan fingerprint density at radius 1 is 1.29 bits per heavy atom. The molecule has 0 unspecified atom stereocenters. The van der Waals surface area contributed by atoms with Crippen molar-refractivity contribution >= 4 is 25.0 Å². The van der Waals surface area contributed by atoms with Crippen molar-refractivity contribution < 1.29 is 19.2 Å². The van der Waals surface area contributed by atoms with Gasteiger partial charge in [-0.3, -0.25) is 0 Å². The Balaban J connectivity index is 2.22. The fourth-order valence-electron chi connectivity index (χ4n) is 1.94. The van der Waals surface area contributed by atoms with Crippen LogP contribution in [0.3, 0.4) is 0 Å². The maximum Gasteiger partial charge on any atom is 0.487 e. The Morgan fingerprint density at radius 3 is 2.38 bits per heavy atom. The quantitative estimate of drug-likeness (QED) is 0.827. The second kappa shape index (κ2) is 5.16. The summed E-state index contributed by atoms with van der Waals surface area (Å²) < 4.78 is 11.6. The highest BCUT2D eigenvalue weighted by atomic mass is 16.7. The average molecular weight is 290 g/mol. The van der Waals surface area contributed by atoms with E-state index >= 15 is 0 Å². The van der Waals surface area contributed by atoms with Crippen LogP contribution in [0.2, 0.25) is 0 Å². The molecule has 0 saturated carbocycles. The molecule has 0 bridgehead atoms. The highest BCUT2D eigenvalue weighted by molar-refractivity contribution is 6.52. The van der Waals surface area contributed by atoms with Gasteiger partial charge in [0.15, 0.2) is 5.69 Å². The van der Waals surface area contributed by atoms with Gasteiger partial charge in [-0.15, -0.1) is 0 Å². The molecule has 0 aliphatic carbocycles. The number of nitrogens with two attached hydrogens (primary N) is 1. The number of carboxylic acid groups (broad SMARTS) is 1. The van der Waals surface area contributed by atoms with E-state index in [4.69, 9.17) is 20.1 Å². The first-order chi connectivity index (χ1) is 9.62. The zero-order chi connectivity index (χ0) is 15.8. The number of carbonyl (C=O) groups is 1. The third-order valence-corrected chi connectivity index (χ3v) is 3.85. The predicted octanol–water partition coefficient (Wildman–Crippen LogP) is 2.01. The summed E-state index contributed by atoms with van der Waals surface area (Å²) in [6.07, 6.45) is 1.62. The minimum absolute atomic E-state index is 0.0947. The molecule has 3 N–H and O–H groups in total. The molecule has 1 saturated heterocycles. The molecule has 112 valence electrons. The van der Waals surface area contributed by atoms with Crippen LogP contribution in [0.25, 0.3) is 6.08 Å². The smallest absolute Gasteiger partial charge is 0.476 e. The SMILES string of the molecule is CC1(C)OB(/C=C/c2ccc(N)nc2C(=O)O)OC1(C)C. The number of nitrogens with zero attached hydrogens (tertiary/aromatic N) is 1. The van der Waals surface area contributed by atoms with E-state index in [0.717, 1.165) is 0 Å². The number of hydrogen-bond acceptors (Lipinski definition) is 5. The van der Waals surface area contributed by atoms with Crippen LogP contribution < -0.4 is 5.73 Å². The first-order valence-corrected chi connectivity index (χ1v) is 6.66. The summed E-state index contributed by atoms with van der Waals surface area (Å²) >= 11 is 0. The Labute approximate surface area is 124 Å². The van der Waals surface area contributed by atoms with E-state index in [-0.39, 0.29) is 11.5 Å². The van der Waals surface area contributed by atoms with Gasteiger partial charge in [-0.25, -0.2) is 9.78 Å². The van der Waals surface area contributed by atoms with E-state index in [2.05, 4.69) is 4.98 Å². The Kier molecular flexibility index (Phi) is 3.82. The van der Waals surface area contributed by atoms with Gasteiger partial charge in [0.2, 0.25) is 0 Å². The number of rotatable bonds is 3. The van der Waals surface area contributed by atoms with Crippen molar-refractivity contribution in [2.75, 3.05) is 5.73 Å². The van der Waals surface area contributed by atoms with Crippen LogP contribution in [0.5, 0.6) is 0 Å². The molecular formula is C14H19BN2O4. The summed E-state index contributed by atoms with van der Waals surface area (Å²) in [5.41, 5.74) is 5.00. The first kappa shape index (κ1) is 15.5. The topological polar surface area (TPSA) is 94.7 Å². The lowest BCUT2D eigenvalue weighted by Gasteiger charge is -2.32. The van der Waals surface area contributed by atoms with E-state index in [1.165, 1.54) is 0 Å². The maximum atomic E-state index is 11.2. The maximum absolute atomic E-state index is 11.2. The fraction of sp³-hybridized carbons (Fsp3) is 0.429. The van der Waals surface area contributed by atoms with Crippen molar-refractivity contribution in [3.8, 4) is 0 Å². The van der Waals surface area contributed by atoms with Crippen LogP contribution in [0.1, 0.15) is 43.7 Å². The number of hydrogen-bond donors (Lipinski definition) is 2. The molecule has 2 heterocycles. The summed E-state index contributed by atoms with van der Waals surface area (Å²) in [5.74, 6) is 0.715. The van der Waals surface area contributed by atoms with Gasteiger partial charge in [-0.1, -0.05) is 12.1 Å². The van der Waals surface area contributed by atoms with E-state index in [1.54, 1.807) is 24.2 Å². The van der Waals surface area contributed by atoms with Crippen molar-refractivity contribution in [3.63, 3.8) is 0 Å². The molecule has 1 aliphatic heterocycles. The van der Waals surface area contributed by atoms with Gasteiger partial charge in [0.25, 0.3) is 0 Å².